The molecule has 0 bridgehead atoms. The molecule has 2 heterocycles. The van der Waals surface area contributed by atoms with Crippen LogP contribution in [0.25, 0.3) is 11.2 Å². The molecule has 9 heavy (non-hydrogen) atoms. The number of nitrogens with one attached hydrogen (secondary N) is 1. The summed E-state index contributed by atoms with van der Waals surface area (Å²) < 4.78 is 7.88. The number of rotatable bonds is 0. The predicted molar refractivity (Wildman–Crippen MR) is 34.2 cm³/mol. The highest BCUT2D eigenvalue weighted by Crippen LogP contribution is 2.04. The third-order valence-electron chi connectivity index (χ3n) is 1.03. The SMILES string of the molecule is c1nc2npncc2[nH]1. The maximum atomic E-state index is 3.98. The van der Waals surface area contributed by atoms with Gasteiger partial charge in [0.1, 0.15) is 5.52 Å². The Labute approximate surface area is 52.6 Å². The number of aromatic amines is 1. The highest BCUT2D eigenvalue weighted by Gasteiger charge is 1.91. The lowest BCUT2D eigenvalue weighted by Crippen LogP contribution is -1.70. The van der Waals surface area contributed by atoms with Gasteiger partial charge in [-0.2, -0.15) is 4.75 Å². The Kier molecular flexibility index (Phi) is 0.932. The molecule has 2 aromatic rings. The third-order valence-corrected chi connectivity index (χ3v) is 1.52. The summed E-state index contributed by atoms with van der Waals surface area (Å²) >= 11 is 0. The fraction of sp³-hybridized carbons (Fsp3) is 0. The van der Waals surface area contributed by atoms with Gasteiger partial charge in [0.05, 0.1) is 12.5 Å². The van der Waals surface area contributed by atoms with Gasteiger partial charge in [-0.05, 0) is 0 Å². The molecule has 0 saturated carbocycles. The monoisotopic (exact) mass is 138 g/mol. The number of fused-ring (bicyclic) bond motifs is 1. The fourth-order valence-electron chi connectivity index (χ4n) is 0.623. The molecule has 0 unspecified atom stereocenters. The van der Waals surface area contributed by atoms with E-state index in [1.54, 1.807) is 12.5 Å². The summed E-state index contributed by atoms with van der Waals surface area (Å²) in [4.78, 5) is 6.84. The molecule has 0 fully saturated rings. The second-order valence-corrected chi connectivity index (χ2v) is 2.18. The number of nitrogens with zero attached hydrogens (tertiary/aromatic N) is 3. The van der Waals surface area contributed by atoms with E-state index in [9.17, 15) is 0 Å². The molecule has 0 aliphatic heterocycles. The number of imidazole rings is 1. The molecule has 0 aliphatic rings. The van der Waals surface area contributed by atoms with Crippen molar-refractivity contribution in [2.75, 3.05) is 0 Å². The third kappa shape index (κ3) is 0.678. The van der Waals surface area contributed by atoms with Crippen molar-refractivity contribution in [1.29, 1.82) is 0 Å². The van der Waals surface area contributed by atoms with Crippen molar-refractivity contribution >= 4 is 19.7 Å². The van der Waals surface area contributed by atoms with Crippen LogP contribution in [0.3, 0.4) is 0 Å². The topological polar surface area (TPSA) is 54.5 Å². The van der Waals surface area contributed by atoms with Gasteiger partial charge in [-0.3, -0.25) is 0 Å². The van der Waals surface area contributed by atoms with Crippen LogP contribution in [0.5, 0.6) is 0 Å². The Hall–Kier alpha value is -1.02. The van der Waals surface area contributed by atoms with Crippen LogP contribution < -0.4 is 0 Å². The largest absolute Gasteiger partial charge is 0.342 e. The van der Waals surface area contributed by atoms with E-state index < -0.39 is 0 Å². The van der Waals surface area contributed by atoms with Crippen molar-refractivity contribution in [3.8, 4) is 0 Å². The Balaban J connectivity index is 2.95. The molecular formula is C4H3N4P. The molecule has 0 amide bonds. The van der Waals surface area contributed by atoms with Gasteiger partial charge in [-0.25, -0.2) is 9.73 Å². The van der Waals surface area contributed by atoms with E-state index in [2.05, 4.69) is 19.5 Å². The van der Waals surface area contributed by atoms with Gasteiger partial charge in [0, 0.05) is 0 Å². The molecule has 2 aromatic heterocycles. The average Bonchev–Trinajstić information content (AvgIpc) is 2.33. The van der Waals surface area contributed by atoms with Crippen molar-refractivity contribution in [1.82, 2.24) is 19.5 Å². The summed E-state index contributed by atoms with van der Waals surface area (Å²) in [5.41, 5.74) is 1.65. The maximum Gasteiger partial charge on any atom is 0.184 e. The first kappa shape index (κ1) is 4.82. The van der Waals surface area contributed by atoms with Gasteiger partial charge < -0.3 is 4.98 Å². The molecule has 44 valence electrons. The molecule has 2 rings (SSSR count). The van der Waals surface area contributed by atoms with Gasteiger partial charge in [0.25, 0.3) is 0 Å². The average molecular weight is 138 g/mol. The lowest BCUT2D eigenvalue weighted by atomic mass is 10.6. The maximum absolute atomic E-state index is 3.98. The Morgan fingerprint density at radius 2 is 2.56 bits per heavy atom. The van der Waals surface area contributed by atoms with E-state index >= 15 is 0 Å². The van der Waals surface area contributed by atoms with Gasteiger partial charge >= 0.3 is 0 Å². The normalized spacial score (nSPS) is 11.1. The number of hydrogen-bond acceptors (Lipinski definition) is 3. The molecule has 4 nitrogen and oxygen atoms in total. The van der Waals surface area contributed by atoms with E-state index in [0.717, 1.165) is 19.7 Å². The summed E-state index contributed by atoms with van der Waals surface area (Å²) in [5, 5.41) is 0. The first-order valence-corrected chi connectivity index (χ1v) is 3.24. The second kappa shape index (κ2) is 1.74. The van der Waals surface area contributed by atoms with Crippen LogP contribution in [0.4, 0.5) is 0 Å². The Morgan fingerprint density at radius 1 is 1.56 bits per heavy atom. The van der Waals surface area contributed by atoms with E-state index in [-0.39, 0.29) is 0 Å². The van der Waals surface area contributed by atoms with Crippen LogP contribution in [-0.2, 0) is 0 Å². The Morgan fingerprint density at radius 3 is 3.44 bits per heavy atom. The fourth-order valence-corrected chi connectivity index (χ4v) is 1.09. The Bertz CT molecular complexity index is 287. The molecule has 0 radical (unpaired) electrons. The second-order valence-electron chi connectivity index (χ2n) is 1.57. The van der Waals surface area contributed by atoms with Gasteiger partial charge in [0.2, 0.25) is 0 Å². The van der Waals surface area contributed by atoms with Crippen LogP contribution >= 0.6 is 8.51 Å². The van der Waals surface area contributed by atoms with Crippen molar-refractivity contribution in [3.63, 3.8) is 0 Å². The van der Waals surface area contributed by atoms with E-state index in [0.29, 0.717) is 0 Å². The van der Waals surface area contributed by atoms with Crippen molar-refractivity contribution < 1.29 is 0 Å². The minimum Gasteiger partial charge on any atom is -0.342 e. The van der Waals surface area contributed by atoms with Crippen LogP contribution in [-0.4, -0.2) is 19.5 Å². The summed E-state index contributed by atoms with van der Waals surface area (Å²) in [7, 11) is 0.726. The van der Waals surface area contributed by atoms with Gasteiger partial charge in [-0.1, -0.05) is 0 Å². The lowest BCUT2D eigenvalue weighted by Gasteiger charge is -1.78. The smallest absolute Gasteiger partial charge is 0.184 e. The number of hydrogen-bond donors (Lipinski definition) is 1. The van der Waals surface area contributed by atoms with Crippen molar-refractivity contribution in [2.45, 2.75) is 0 Å². The highest BCUT2D eigenvalue weighted by molar-refractivity contribution is 7.20. The molecule has 0 aliphatic carbocycles. The quantitative estimate of drug-likeness (QED) is 0.589. The molecule has 0 aromatic carbocycles. The minimum absolute atomic E-state index is 0.726. The summed E-state index contributed by atoms with van der Waals surface area (Å²) in [5.74, 6) is 0. The summed E-state index contributed by atoms with van der Waals surface area (Å²) in [6.45, 7) is 0. The van der Waals surface area contributed by atoms with E-state index in [1.807, 2.05) is 0 Å². The van der Waals surface area contributed by atoms with E-state index in [1.165, 1.54) is 0 Å². The zero-order valence-electron chi connectivity index (χ0n) is 4.44. The van der Waals surface area contributed by atoms with E-state index in [4.69, 9.17) is 0 Å². The first-order valence-electron chi connectivity index (χ1n) is 2.44. The molecule has 0 atom stereocenters. The molecule has 0 saturated heterocycles. The van der Waals surface area contributed by atoms with Crippen LogP contribution in [0.2, 0.25) is 0 Å². The summed E-state index contributed by atoms with van der Waals surface area (Å²) in [6.07, 6.45) is 3.35. The van der Waals surface area contributed by atoms with Crippen LogP contribution in [0, 0.1) is 0 Å². The summed E-state index contributed by atoms with van der Waals surface area (Å²) in [6, 6.07) is 0. The van der Waals surface area contributed by atoms with Crippen LogP contribution in [0.15, 0.2) is 12.5 Å². The predicted octanol–water partition coefficient (Wildman–Crippen LogP) is 0.933. The van der Waals surface area contributed by atoms with Gasteiger partial charge in [-0.15, -0.1) is 0 Å². The molecule has 5 heteroatoms. The molecule has 0 spiro atoms. The number of H-pyrrole nitrogens is 1. The molecular weight excluding hydrogens is 135 g/mol. The zero-order chi connectivity index (χ0) is 6.10. The zero-order valence-corrected chi connectivity index (χ0v) is 5.34. The van der Waals surface area contributed by atoms with Gasteiger partial charge in [0.15, 0.2) is 14.2 Å². The minimum atomic E-state index is 0.726. The molecule has 1 N–H and O–H groups in total. The lowest BCUT2D eigenvalue weighted by molar-refractivity contribution is 1.33. The van der Waals surface area contributed by atoms with Crippen molar-refractivity contribution in [2.24, 2.45) is 0 Å². The van der Waals surface area contributed by atoms with Crippen molar-refractivity contribution in [3.05, 3.63) is 12.5 Å². The standard InChI is InChI=1S/C4H3N4P/c1-3-4(6-2-5-3)8-9-7-1/h1-2H,(H,5,6,7,8). The van der Waals surface area contributed by atoms with Crippen LogP contribution in [0.1, 0.15) is 0 Å². The first-order chi connectivity index (χ1) is 4.47. The number of aromatic nitrogens is 4. The highest BCUT2D eigenvalue weighted by atomic mass is 31.1.